The first-order chi connectivity index (χ1) is 8.41. The van der Waals surface area contributed by atoms with Gasteiger partial charge in [-0.2, -0.15) is 0 Å². The summed E-state index contributed by atoms with van der Waals surface area (Å²) >= 11 is 5.45. The summed E-state index contributed by atoms with van der Waals surface area (Å²) in [4.78, 5) is 0. The van der Waals surface area contributed by atoms with Crippen molar-refractivity contribution in [3.8, 4) is 0 Å². The van der Waals surface area contributed by atoms with Crippen LogP contribution < -0.4 is 5.73 Å². The van der Waals surface area contributed by atoms with Gasteiger partial charge in [-0.25, -0.2) is 17.6 Å². The molecule has 0 aliphatic heterocycles. The highest BCUT2D eigenvalue weighted by Crippen LogP contribution is 2.44. The molecule has 0 radical (unpaired) electrons. The fraction of sp³-hybridized carbons (Fsp3) is 0.500. The third-order valence-corrected chi connectivity index (χ3v) is 3.85. The normalized spacial score (nSPS) is 23.7. The van der Waals surface area contributed by atoms with Crippen molar-refractivity contribution in [2.75, 3.05) is 0 Å². The Morgan fingerprint density at radius 1 is 1.16 bits per heavy atom. The van der Waals surface area contributed by atoms with Crippen molar-refractivity contribution in [1.29, 1.82) is 0 Å². The lowest BCUT2D eigenvalue weighted by Crippen LogP contribution is -2.37. The van der Waals surface area contributed by atoms with E-state index < -0.39 is 35.0 Å². The highest BCUT2D eigenvalue weighted by atomic mass is 35.5. The molecular formula is C12H13Cl2F4N. The minimum Gasteiger partial charge on any atom is -0.324 e. The van der Waals surface area contributed by atoms with Gasteiger partial charge in [-0.1, -0.05) is 17.7 Å². The molecule has 1 atom stereocenters. The van der Waals surface area contributed by atoms with Gasteiger partial charge in [0.25, 0.3) is 0 Å². The molecule has 108 valence electrons. The molecule has 19 heavy (non-hydrogen) atoms. The fourth-order valence-electron chi connectivity index (χ4n) is 2.26. The first-order valence-electron chi connectivity index (χ1n) is 5.59. The van der Waals surface area contributed by atoms with Crippen molar-refractivity contribution in [3.05, 3.63) is 34.4 Å². The molecule has 2 rings (SSSR count). The van der Waals surface area contributed by atoms with E-state index in [0.29, 0.717) is 0 Å². The molecule has 0 bridgehead atoms. The van der Waals surface area contributed by atoms with Gasteiger partial charge in [-0.15, -0.1) is 12.4 Å². The predicted octanol–water partition coefficient (Wildman–Crippen LogP) is 4.33. The number of nitrogens with two attached hydrogens (primary N) is 1. The zero-order valence-corrected chi connectivity index (χ0v) is 11.3. The summed E-state index contributed by atoms with van der Waals surface area (Å²) in [5, 5.41) is -0.604. The molecule has 0 heterocycles. The van der Waals surface area contributed by atoms with Crippen molar-refractivity contribution < 1.29 is 17.6 Å². The van der Waals surface area contributed by atoms with E-state index in [1.165, 1.54) is 6.07 Å². The summed E-state index contributed by atoms with van der Waals surface area (Å²) in [6.45, 7) is 0. The summed E-state index contributed by atoms with van der Waals surface area (Å²) < 4.78 is 51.3. The smallest absolute Gasteiger partial charge is 0.241 e. The molecule has 1 fully saturated rings. The maximum Gasteiger partial charge on any atom is 0.241 e. The number of rotatable bonds is 3. The molecule has 7 heteroatoms. The van der Waals surface area contributed by atoms with Gasteiger partial charge in [0, 0.05) is 17.5 Å². The van der Waals surface area contributed by atoms with Crippen molar-refractivity contribution in [3.63, 3.8) is 0 Å². The second-order valence-electron chi connectivity index (χ2n) is 4.62. The van der Waals surface area contributed by atoms with Gasteiger partial charge < -0.3 is 5.73 Å². The third kappa shape index (κ3) is 3.15. The molecule has 1 saturated carbocycles. The van der Waals surface area contributed by atoms with Crippen LogP contribution in [0.2, 0.25) is 5.02 Å². The average Bonchev–Trinajstić information content (AvgIpc) is 2.23. The van der Waals surface area contributed by atoms with E-state index in [4.69, 9.17) is 17.3 Å². The van der Waals surface area contributed by atoms with E-state index in [-0.39, 0.29) is 36.7 Å². The van der Waals surface area contributed by atoms with Crippen LogP contribution in [0.3, 0.4) is 0 Å². The van der Waals surface area contributed by atoms with Crippen molar-refractivity contribution in [2.45, 2.75) is 25.3 Å². The van der Waals surface area contributed by atoms with E-state index >= 15 is 0 Å². The lowest BCUT2D eigenvalue weighted by atomic mass is 9.70. The zero-order chi connectivity index (χ0) is 13.4. The number of benzene rings is 1. The molecule has 0 aromatic heterocycles. The van der Waals surface area contributed by atoms with Gasteiger partial charge in [0.15, 0.2) is 0 Å². The quantitative estimate of drug-likeness (QED) is 0.651. The minimum atomic E-state index is -2.37. The van der Waals surface area contributed by atoms with Crippen LogP contribution in [-0.2, 0) is 0 Å². The van der Waals surface area contributed by atoms with Gasteiger partial charge in [-0.3, -0.25) is 0 Å². The molecule has 1 aromatic carbocycles. The van der Waals surface area contributed by atoms with Crippen LogP contribution in [0.5, 0.6) is 0 Å². The van der Waals surface area contributed by atoms with Gasteiger partial charge in [0.2, 0.25) is 6.43 Å². The summed E-state index contributed by atoms with van der Waals surface area (Å²) in [6.07, 6.45) is -1.85. The summed E-state index contributed by atoms with van der Waals surface area (Å²) in [7, 11) is 0. The molecular weight excluding hydrogens is 305 g/mol. The fourth-order valence-corrected chi connectivity index (χ4v) is 2.43. The van der Waals surface area contributed by atoms with Crippen LogP contribution in [0.4, 0.5) is 17.6 Å². The van der Waals surface area contributed by atoms with E-state index in [0.717, 1.165) is 6.07 Å². The Balaban J connectivity index is 0.00000180. The molecule has 0 amide bonds. The molecule has 1 aliphatic rings. The second kappa shape index (κ2) is 6.29. The van der Waals surface area contributed by atoms with E-state index in [9.17, 15) is 17.6 Å². The molecule has 0 saturated heterocycles. The largest absolute Gasteiger partial charge is 0.324 e. The zero-order valence-electron chi connectivity index (χ0n) is 9.75. The van der Waals surface area contributed by atoms with Crippen molar-refractivity contribution in [1.82, 2.24) is 0 Å². The Morgan fingerprint density at radius 3 is 2.26 bits per heavy atom. The molecule has 1 unspecified atom stereocenters. The second-order valence-corrected chi connectivity index (χ2v) is 4.99. The number of alkyl halides is 2. The monoisotopic (exact) mass is 317 g/mol. The van der Waals surface area contributed by atoms with Crippen molar-refractivity contribution in [2.24, 2.45) is 17.6 Å². The molecule has 0 spiro atoms. The Labute approximate surface area is 119 Å². The van der Waals surface area contributed by atoms with Crippen LogP contribution in [0, 0.1) is 23.5 Å². The van der Waals surface area contributed by atoms with Crippen LogP contribution in [0.15, 0.2) is 12.1 Å². The van der Waals surface area contributed by atoms with Gasteiger partial charge in [0.1, 0.15) is 16.7 Å². The number of hydrogen-bond acceptors (Lipinski definition) is 1. The minimum absolute atomic E-state index is 0. The first kappa shape index (κ1) is 16.5. The van der Waals surface area contributed by atoms with Crippen LogP contribution in [-0.4, -0.2) is 6.43 Å². The van der Waals surface area contributed by atoms with Crippen LogP contribution in [0.1, 0.15) is 24.4 Å². The molecule has 1 aliphatic carbocycles. The standard InChI is InChI=1S/C12H12ClF4N.ClH/c13-9-8(14)2-1-7(10(9)15)11(18)5-3-6(4-5)12(16)17;/h1-2,5-6,11-12H,3-4,18H2;1H. The Kier molecular flexibility index (Phi) is 5.47. The molecule has 1 aromatic rings. The summed E-state index contributed by atoms with van der Waals surface area (Å²) in [6, 6.07) is 1.53. The first-order valence-corrected chi connectivity index (χ1v) is 5.96. The lowest BCUT2D eigenvalue weighted by Gasteiger charge is -2.38. The number of halogens is 6. The molecule has 1 nitrogen and oxygen atoms in total. The number of hydrogen-bond donors (Lipinski definition) is 1. The maximum absolute atomic E-state index is 13.7. The van der Waals surface area contributed by atoms with Gasteiger partial charge >= 0.3 is 0 Å². The van der Waals surface area contributed by atoms with E-state index in [1.807, 2.05) is 0 Å². The summed E-state index contributed by atoms with van der Waals surface area (Å²) in [5.41, 5.74) is 5.90. The Morgan fingerprint density at radius 2 is 1.74 bits per heavy atom. The summed E-state index contributed by atoms with van der Waals surface area (Å²) in [5.74, 6) is -2.63. The maximum atomic E-state index is 13.7. The SMILES string of the molecule is Cl.NC(c1ccc(F)c(Cl)c1F)C1CC(C(F)F)C1. The van der Waals surface area contributed by atoms with E-state index in [1.54, 1.807) is 0 Å². The Bertz CT molecular complexity index is 450. The van der Waals surface area contributed by atoms with Gasteiger partial charge in [-0.05, 0) is 24.8 Å². The topological polar surface area (TPSA) is 26.0 Å². The lowest BCUT2D eigenvalue weighted by molar-refractivity contribution is -0.00522. The highest BCUT2D eigenvalue weighted by Gasteiger charge is 2.39. The highest BCUT2D eigenvalue weighted by molar-refractivity contribution is 6.30. The predicted molar refractivity (Wildman–Crippen MR) is 67.8 cm³/mol. The van der Waals surface area contributed by atoms with Crippen LogP contribution >= 0.6 is 24.0 Å². The van der Waals surface area contributed by atoms with E-state index in [2.05, 4.69) is 0 Å². The van der Waals surface area contributed by atoms with Gasteiger partial charge in [0.05, 0.1) is 0 Å². The molecule has 2 N–H and O–H groups in total. The average molecular weight is 318 g/mol. The van der Waals surface area contributed by atoms with Crippen molar-refractivity contribution >= 4 is 24.0 Å². The Hall–Kier alpha value is -0.520. The third-order valence-electron chi connectivity index (χ3n) is 3.50. The van der Waals surface area contributed by atoms with Crippen LogP contribution in [0.25, 0.3) is 0 Å².